The van der Waals surface area contributed by atoms with Gasteiger partial charge in [-0.25, -0.2) is 28.1 Å². The van der Waals surface area contributed by atoms with Crippen LogP contribution in [0.5, 0.6) is 5.75 Å². The molecule has 25 heavy (non-hydrogen) atoms. The molecule has 8 nitrogen and oxygen atoms in total. The number of sulfonamides is 1. The lowest BCUT2D eigenvalue weighted by Crippen LogP contribution is -2.27. The van der Waals surface area contributed by atoms with Gasteiger partial charge in [0.25, 0.3) is 0 Å². The monoisotopic (exact) mass is 359 g/mol. The highest BCUT2D eigenvalue weighted by Crippen LogP contribution is 2.15. The minimum Gasteiger partial charge on any atom is -0.497 e. The van der Waals surface area contributed by atoms with Crippen molar-refractivity contribution >= 4 is 10.0 Å². The van der Waals surface area contributed by atoms with E-state index in [-0.39, 0.29) is 11.4 Å². The van der Waals surface area contributed by atoms with E-state index >= 15 is 0 Å². The Morgan fingerprint density at radius 2 is 1.80 bits per heavy atom. The second-order valence-electron chi connectivity index (χ2n) is 5.09. The van der Waals surface area contributed by atoms with Crippen LogP contribution in [0.15, 0.2) is 60.0 Å². The van der Waals surface area contributed by atoms with E-state index < -0.39 is 10.0 Å². The number of imidazole rings is 1. The first-order chi connectivity index (χ1) is 12.1. The zero-order valence-corrected chi connectivity index (χ0v) is 14.3. The zero-order valence-electron chi connectivity index (χ0n) is 13.5. The molecule has 130 valence electrons. The van der Waals surface area contributed by atoms with Crippen molar-refractivity contribution in [1.29, 1.82) is 0 Å². The molecule has 2 heterocycles. The fourth-order valence-corrected chi connectivity index (χ4v) is 3.27. The second kappa shape index (κ2) is 7.41. The van der Waals surface area contributed by atoms with Crippen molar-refractivity contribution in [2.75, 3.05) is 13.7 Å². The molecule has 0 radical (unpaired) electrons. The Kier molecular flexibility index (Phi) is 5.05. The van der Waals surface area contributed by atoms with E-state index in [1.54, 1.807) is 47.6 Å². The van der Waals surface area contributed by atoms with Crippen molar-refractivity contribution in [2.24, 2.45) is 0 Å². The van der Waals surface area contributed by atoms with Gasteiger partial charge in [0.2, 0.25) is 10.0 Å². The number of benzene rings is 1. The maximum Gasteiger partial charge on any atom is 0.240 e. The molecule has 3 rings (SSSR count). The molecule has 0 saturated carbocycles. The molecule has 0 atom stereocenters. The van der Waals surface area contributed by atoms with Gasteiger partial charge in [-0.05, 0) is 30.3 Å². The van der Waals surface area contributed by atoms with Gasteiger partial charge in [0.05, 0.1) is 12.0 Å². The molecule has 1 aromatic carbocycles. The van der Waals surface area contributed by atoms with E-state index in [1.807, 2.05) is 0 Å². The Hall–Kier alpha value is -2.78. The van der Waals surface area contributed by atoms with Gasteiger partial charge in [-0.15, -0.1) is 0 Å². The fraction of sp³-hybridized carbons (Fsp3) is 0.188. The van der Waals surface area contributed by atoms with Crippen LogP contribution in [0.2, 0.25) is 0 Å². The molecule has 0 saturated heterocycles. The van der Waals surface area contributed by atoms with Crippen LogP contribution in [0.1, 0.15) is 0 Å². The number of methoxy groups -OCH3 is 1. The maximum atomic E-state index is 12.3. The smallest absolute Gasteiger partial charge is 0.240 e. The normalized spacial score (nSPS) is 11.4. The molecule has 2 aromatic heterocycles. The Morgan fingerprint density at radius 1 is 1.08 bits per heavy atom. The van der Waals surface area contributed by atoms with Crippen LogP contribution >= 0.6 is 0 Å². The number of hydrogen-bond acceptors (Lipinski definition) is 6. The third-order valence-electron chi connectivity index (χ3n) is 3.50. The molecule has 0 unspecified atom stereocenters. The van der Waals surface area contributed by atoms with E-state index in [4.69, 9.17) is 4.74 Å². The molecule has 0 aliphatic carbocycles. The molecular formula is C16H17N5O3S. The first-order valence-corrected chi connectivity index (χ1v) is 9.01. The number of nitrogens with one attached hydrogen (secondary N) is 1. The highest BCUT2D eigenvalue weighted by molar-refractivity contribution is 7.89. The van der Waals surface area contributed by atoms with Crippen molar-refractivity contribution in [1.82, 2.24) is 24.2 Å². The van der Waals surface area contributed by atoms with Crippen LogP contribution < -0.4 is 9.46 Å². The lowest BCUT2D eigenvalue weighted by Gasteiger charge is -2.09. The average molecular weight is 359 g/mol. The van der Waals surface area contributed by atoms with E-state index in [9.17, 15) is 8.42 Å². The Labute approximate surface area is 145 Å². The van der Waals surface area contributed by atoms with Crippen molar-refractivity contribution in [2.45, 2.75) is 11.4 Å². The van der Waals surface area contributed by atoms with Crippen molar-refractivity contribution in [3.8, 4) is 17.4 Å². The Morgan fingerprint density at radius 3 is 2.48 bits per heavy atom. The van der Waals surface area contributed by atoms with Crippen LogP contribution in [0, 0.1) is 0 Å². The van der Waals surface area contributed by atoms with Gasteiger partial charge in [0.15, 0.2) is 11.6 Å². The van der Waals surface area contributed by atoms with Gasteiger partial charge < -0.3 is 9.30 Å². The van der Waals surface area contributed by atoms with Crippen molar-refractivity contribution < 1.29 is 13.2 Å². The topological polar surface area (TPSA) is 99.0 Å². The third-order valence-corrected chi connectivity index (χ3v) is 4.97. The number of aromatic nitrogens is 4. The van der Waals surface area contributed by atoms with Crippen molar-refractivity contribution in [3.05, 3.63) is 55.1 Å². The van der Waals surface area contributed by atoms with E-state index in [2.05, 4.69) is 19.7 Å². The van der Waals surface area contributed by atoms with Crippen LogP contribution in [-0.4, -0.2) is 41.6 Å². The molecule has 1 N–H and O–H groups in total. The lowest BCUT2D eigenvalue weighted by molar-refractivity contribution is 0.414. The molecule has 0 fully saturated rings. The number of hydrogen-bond donors (Lipinski definition) is 1. The van der Waals surface area contributed by atoms with Crippen LogP contribution in [0.3, 0.4) is 0 Å². The SMILES string of the molecule is COc1ccc(S(=O)(=O)NCCn2ccnc2-c2ncccn2)cc1. The van der Waals surface area contributed by atoms with Crippen LogP contribution in [-0.2, 0) is 16.6 Å². The highest BCUT2D eigenvalue weighted by atomic mass is 32.2. The number of rotatable bonds is 7. The average Bonchev–Trinajstić information content (AvgIpc) is 3.11. The van der Waals surface area contributed by atoms with Gasteiger partial charge in [0, 0.05) is 37.9 Å². The molecular weight excluding hydrogens is 342 g/mol. The van der Waals surface area contributed by atoms with Crippen molar-refractivity contribution in [3.63, 3.8) is 0 Å². The summed E-state index contributed by atoms with van der Waals surface area (Å²) in [7, 11) is -2.06. The number of nitrogens with zero attached hydrogens (tertiary/aromatic N) is 4. The molecule has 0 aliphatic heterocycles. The molecule has 0 amide bonds. The highest BCUT2D eigenvalue weighted by Gasteiger charge is 2.14. The quantitative estimate of drug-likeness (QED) is 0.683. The van der Waals surface area contributed by atoms with Gasteiger partial charge in [-0.1, -0.05) is 0 Å². The number of ether oxygens (including phenoxy) is 1. The summed E-state index contributed by atoms with van der Waals surface area (Å²) < 4.78 is 34.0. The summed E-state index contributed by atoms with van der Waals surface area (Å²) in [6.07, 6.45) is 6.65. The van der Waals surface area contributed by atoms with Gasteiger partial charge in [-0.2, -0.15) is 0 Å². The molecule has 0 aliphatic rings. The summed E-state index contributed by atoms with van der Waals surface area (Å²) in [5.74, 6) is 1.68. The minimum absolute atomic E-state index is 0.186. The van der Waals surface area contributed by atoms with E-state index in [0.29, 0.717) is 23.9 Å². The van der Waals surface area contributed by atoms with Crippen LogP contribution in [0.25, 0.3) is 11.6 Å². The van der Waals surface area contributed by atoms with Crippen LogP contribution in [0.4, 0.5) is 0 Å². The Bertz CT molecular complexity index is 924. The fourth-order valence-electron chi connectivity index (χ4n) is 2.25. The summed E-state index contributed by atoms with van der Waals surface area (Å²) in [5.41, 5.74) is 0. The summed E-state index contributed by atoms with van der Waals surface area (Å²) in [6.45, 7) is 0.619. The van der Waals surface area contributed by atoms with E-state index in [1.165, 1.54) is 19.2 Å². The lowest BCUT2D eigenvalue weighted by atomic mass is 10.3. The summed E-state index contributed by atoms with van der Waals surface area (Å²) >= 11 is 0. The standard InChI is InChI=1S/C16H17N5O3S/c1-24-13-3-5-14(6-4-13)25(22,23)20-10-12-21-11-9-19-16(21)15-17-7-2-8-18-15/h2-9,11,20H,10,12H2,1H3. The summed E-state index contributed by atoms with van der Waals surface area (Å²) in [6, 6.07) is 7.94. The molecule has 9 heteroatoms. The second-order valence-corrected chi connectivity index (χ2v) is 6.86. The largest absolute Gasteiger partial charge is 0.497 e. The first kappa shape index (κ1) is 17.1. The van der Waals surface area contributed by atoms with Gasteiger partial charge in [0.1, 0.15) is 5.75 Å². The molecule has 0 bridgehead atoms. The summed E-state index contributed by atoms with van der Waals surface area (Å²) in [4.78, 5) is 12.7. The maximum absolute atomic E-state index is 12.3. The third kappa shape index (κ3) is 4.01. The summed E-state index contributed by atoms with van der Waals surface area (Å²) in [5, 5.41) is 0. The molecule has 0 spiro atoms. The predicted molar refractivity (Wildman–Crippen MR) is 91.4 cm³/mol. The Balaban J connectivity index is 1.66. The van der Waals surface area contributed by atoms with Gasteiger partial charge in [-0.3, -0.25) is 0 Å². The minimum atomic E-state index is -3.59. The molecule has 3 aromatic rings. The first-order valence-electron chi connectivity index (χ1n) is 7.52. The predicted octanol–water partition coefficient (Wildman–Crippen LogP) is 1.33. The zero-order chi connectivity index (χ0) is 17.7. The van der Waals surface area contributed by atoms with E-state index in [0.717, 1.165) is 0 Å². The van der Waals surface area contributed by atoms with Gasteiger partial charge >= 0.3 is 0 Å².